The first kappa shape index (κ1) is 15.8. The Morgan fingerprint density at radius 1 is 0.923 bits per heavy atom. The molecule has 0 fully saturated rings. The summed E-state index contributed by atoms with van der Waals surface area (Å²) in [5.74, 6) is 1.67. The van der Waals surface area contributed by atoms with Crippen LogP contribution in [-0.2, 0) is 0 Å². The molecule has 2 heterocycles. The monoisotopic (exact) mass is 345 g/mol. The van der Waals surface area contributed by atoms with E-state index in [0.29, 0.717) is 23.4 Å². The number of anilines is 2. The van der Waals surface area contributed by atoms with E-state index >= 15 is 0 Å². The van der Waals surface area contributed by atoms with Gasteiger partial charge >= 0.3 is 6.01 Å². The Kier molecular flexibility index (Phi) is 4.26. The molecule has 0 radical (unpaired) electrons. The zero-order chi connectivity index (χ0) is 17.8. The molecule has 0 unspecified atom stereocenters. The minimum Gasteiger partial charge on any atom is -0.454 e. The van der Waals surface area contributed by atoms with Crippen LogP contribution in [0.1, 0.15) is 5.56 Å². The summed E-state index contributed by atoms with van der Waals surface area (Å²) in [6.45, 7) is 2.02. The molecule has 0 aliphatic heterocycles. The van der Waals surface area contributed by atoms with E-state index in [1.54, 1.807) is 12.4 Å². The molecule has 7 heteroatoms. The van der Waals surface area contributed by atoms with Crippen molar-refractivity contribution >= 4 is 11.7 Å². The van der Waals surface area contributed by atoms with E-state index in [-0.39, 0.29) is 0 Å². The Morgan fingerprint density at radius 2 is 1.73 bits per heavy atom. The first-order valence-electron chi connectivity index (χ1n) is 7.97. The zero-order valence-corrected chi connectivity index (χ0v) is 14.0. The van der Waals surface area contributed by atoms with Crippen LogP contribution in [0.5, 0.6) is 11.5 Å². The third-order valence-electron chi connectivity index (χ3n) is 3.57. The van der Waals surface area contributed by atoms with Crippen molar-refractivity contribution in [2.75, 3.05) is 5.32 Å². The van der Waals surface area contributed by atoms with Crippen LogP contribution in [0.3, 0.4) is 0 Å². The summed E-state index contributed by atoms with van der Waals surface area (Å²) in [5, 5.41) is 11.2. The van der Waals surface area contributed by atoms with E-state index < -0.39 is 0 Å². The molecular formula is C19H15N5O2. The van der Waals surface area contributed by atoms with Gasteiger partial charge in [0.05, 0.1) is 12.4 Å². The van der Waals surface area contributed by atoms with Crippen LogP contribution < -0.4 is 10.1 Å². The molecule has 1 N–H and O–H groups in total. The SMILES string of the molecule is Cc1cccc(Nc2nnc(-c3ccc(Oc4cncnc4)cc3)o2)c1. The lowest BCUT2D eigenvalue weighted by molar-refractivity contribution is 0.477. The van der Waals surface area contributed by atoms with E-state index in [4.69, 9.17) is 9.15 Å². The van der Waals surface area contributed by atoms with Gasteiger partial charge in [-0.25, -0.2) is 9.97 Å². The third-order valence-corrected chi connectivity index (χ3v) is 3.57. The lowest BCUT2D eigenvalue weighted by Crippen LogP contribution is -1.90. The number of aromatic nitrogens is 4. The van der Waals surface area contributed by atoms with E-state index in [1.807, 2.05) is 55.5 Å². The van der Waals surface area contributed by atoms with Crippen LogP contribution in [0.4, 0.5) is 11.7 Å². The largest absolute Gasteiger partial charge is 0.454 e. The van der Waals surface area contributed by atoms with Crippen molar-refractivity contribution in [2.45, 2.75) is 6.92 Å². The Bertz CT molecular complexity index is 1000. The molecule has 0 bridgehead atoms. The maximum absolute atomic E-state index is 5.68. The molecule has 7 nitrogen and oxygen atoms in total. The first-order chi connectivity index (χ1) is 12.8. The molecule has 0 saturated carbocycles. The summed E-state index contributed by atoms with van der Waals surface area (Å²) < 4.78 is 11.3. The van der Waals surface area contributed by atoms with E-state index in [0.717, 1.165) is 16.8 Å². The highest BCUT2D eigenvalue weighted by molar-refractivity contribution is 5.57. The summed E-state index contributed by atoms with van der Waals surface area (Å²) >= 11 is 0. The second-order valence-corrected chi connectivity index (χ2v) is 5.61. The predicted octanol–water partition coefficient (Wildman–Crippen LogP) is 4.37. The van der Waals surface area contributed by atoms with Crippen molar-refractivity contribution in [3.05, 3.63) is 72.8 Å². The molecule has 0 amide bonds. The minimum atomic E-state index is 0.340. The van der Waals surface area contributed by atoms with Crippen molar-refractivity contribution in [2.24, 2.45) is 0 Å². The van der Waals surface area contributed by atoms with Crippen molar-refractivity contribution in [1.82, 2.24) is 20.2 Å². The molecule has 26 heavy (non-hydrogen) atoms. The molecule has 2 aromatic carbocycles. The van der Waals surface area contributed by atoms with Gasteiger partial charge in [0.25, 0.3) is 0 Å². The molecule has 0 spiro atoms. The Morgan fingerprint density at radius 3 is 2.50 bits per heavy atom. The Labute approximate surface area is 149 Å². The predicted molar refractivity (Wildman–Crippen MR) is 96.3 cm³/mol. The lowest BCUT2D eigenvalue weighted by atomic mass is 10.2. The summed E-state index contributed by atoms with van der Waals surface area (Å²) in [6, 6.07) is 15.6. The van der Waals surface area contributed by atoms with E-state index in [9.17, 15) is 0 Å². The van der Waals surface area contributed by atoms with Crippen LogP contribution >= 0.6 is 0 Å². The van der Waals surface area contributed by atoms with Gasteiger partial charge in [-0.3, -0.25) is 0 Å². The highest BCUT2D eigenvalue weighted by Crippen LogP contribution is 2.26. The van der Waals surface area contributed by atoms with Crippen LogP contribution in [0, 0.1) is 6.92 Å². The third kappa shape index (κ3) is 3.67. The molecule has 0 atom stereocenters. The summed E-state index contributed by atoms with van der Waals surface area (Å²) in [4.78, 5) is 7.82. The quantitative estimate of drug-likeness (QED) is 0.574. The van der Waals surface area contributed by atoms with Gasteiger partial charge in [0.1, 0.15) is 12.1 Å². The maximum atomic E-state index is 5.68. The summed E-state index contributed by atoms with van der Waals surface area (Å²) in [5.41, 5.74) is 2.84. The number of aryl methyl sites for hydroxylation is 1. The van der Waals surface area contributed by atoms with E-state index in [2.05, 4.69) is 25.5 Å². The number of benzene rings is 2. The molecule has 128 valence electrons. The van der Waals surface area contributed by atoms with E-state index in [1.165, 1.54) is 6.33 Å². The van der Waals surface area contributed by atoms with Gasteiger partial charge < -0.3 is 14.5 Å². The van der Waals surface area contributed by atoms with Gasteiger partial charge in [0.2, 0.25) is 5.89 Å². The fourth-order valence-corrected chi connectivity index (χ4v) is 2.38. The Hall–Kier alpha value is -3.74. The topological polar surface area (TPSA) is 86.0 Å². The Balaban J connectivity index is 1.47. The molecule has 2 aromatic heterocycles. The van der Waals surface area contributed by atoms with Crippen LogP contribution in [0.2, 0.25) is 0 Å². The summed E-state index contributed by atoms with van der Waals surface area (Å²) in [7, 11) is 0. The van der Waals surface area contributed by atoms with Gasteiger partial charge in [-0.05, 0) is 48.9 Å². The standard InChI is InChI=1S/C19H15N5O2/c1-13-3-2-4-15(9-13)22-19-24-23-18(26-19)14-5-7-16(8-6-14)25-17-10-20-12-21-11-17/h2-12H,1H3,(H,22,24). The summed E-state index contributed by atoms with van der Waals surface area (Å²) in [6.07, 6.45) is 4.65. The van der Waals surface area contributed by atoms with Crippen molar-refractivity contribution in [1.29, 1.82) is 0 Å². The number of nitrogens with zero attached hydrogens (tertiary/aromatic N) is 4. The molecule has 4 aromatic rings. The van der Waals surface area contributed by atoms with Gasteiger partial charge in [0, 0.05) is 11.3 Å². The molecular weight excluding hydrogens is 330 g/mol. The lowest BCUT2D eigenvalue weighted by Gasteiger charge is -2.04. The normalized spacial score (nSPS) is 10.5. The molecule has 0 aliphatic rings. The number of rotatable bonds is 5. The maximum Gasteiger partial charge on any atom is 0.320 e. The second-order valence-electron chi connectivity index (χ2n) is 5.61. The average Bonchev–Trinajstić information content (AvgIpc) is 3.12. The average molecular weight is 345 g/mol. The van der Waals surface area contributed by atoms with Gasteiger partial charge in [-0.1, -0.05) is 17.2 Å². The fourth-order valence-electron chi connectivity index (χ4n) is 2.38. The van der Waals surface area contributed by atoms with Crippen molar-refractivity contribution in [3.63, 3.8) is 0 Å². The second kappa shape index (κ2) is 7.02. The molecule has 4 rings (SSSR count). The van der Waals surface area contributed by atoms with Crippen molar-refractivity contribution < 1.29 is 9.15 Å². The number of nitrogens with one attached hydrogen (secondary N) is 1. The number of ether oxygens (including phenoxy) is 1. The van der Waals surface area contributed by atoms with Crippen LogP contribution in [-0.4, -0.2) is 20.2 Å². The van der Waals surface area contributed by atoms with Gasteiger partial charge in [0.15, 0.2) is 5.75 Å². The zero-order valence-electron chi connectivity index (χ0n) is 14.0. The highest BCUT2D eigenvalue weighted by atomic mass is 16.5. The van der Waals surface area contributed by atoms with Crippen molar-refractivity contribution in [3.8, 4) is 23.0 Å². The number of hydrogen-bond donors (Lipinski definition) is 1. The minimum absolute atomic E-state index is 0.340. The van der Waals surface area contributed by atoms with Gasteiger partial charge in [-0.2, -0.15) is 0 Å². The smallest absolute Gasteiger partial charge is 0.320 e. The molecule has 0 saturated heterocycles. The first-order valence-corrected chi connectivity index (χ1v) is 7.97. The van der Waals surface area contributed by atoms with Gasteiger partial charge in [-0.15, -0.1) is 5.10 Å². The highest BCUT2D eigenvalue weighted by Gasteiger charge is 2.09. The van der Waals surface area contributed by atoms with Crippen LogP contribution in [0.25, 0.3) is 11.5 Å². The van der Waals surface area contributed by atoms with Crippen LogP contribution in [0.15, 0.2) is 71.7 Å². The molecule has 0 aliphatic carbocycles. The fraction of sp³-hybridized carbons (Fsp3) is 0.0526. The number of hydrogen-bond acceptors (Lipinski definition) is 7.